The molecule has 2 aliphatic rings. The molecular weight excluding hydrogens is 368 g/mol. The lowest BCUT2D eigenvalue weighted by molar-refractivity contribution is 0.171. The topological polar surface area (TPSA) is 68.6 Å². The van der Waals surface area contributed by atoms with Gasteiger partial charge in [-0.1, -0.05) is 24.3 Å². The number of carbonyl (C=O) groups is 1. The zero-order valence-corrected chi connectivity index (χ0v) is 16.2. The Kier molecular flexibility index (Phi) is 4.35. The van der Waals surface area contributed by atoms with Crippen LogP contribution < -0.4 is 14.8 Å². The van der Waals surface area contributed by atoms with E-state index in [1.807, 2.05) is 54.7 Å². The summed E-state index contributed by atoms with van der Waals surface area (Å²) in [5.74, 6) is 1.46. The Bertz CT molecular complexity index is 1060. The third-order valence-corrected chi connectivity index (χ3v) is 5.40. The SMILES string of the molecule is Cn1cc(C2CN(C(=O)Nc3ccc4c(c3)OCCO4)Cc3ccccc32)cn1. The van der Waals surface area contributed by atoms with Crippen LogP contribution in [0.25, 0.3) is 0 Å². The molecule has 29 heavy (non-hydrogen) atoms. The minimum Gasteiger partial charge on any atom is -0.486 e. The van der Waals surface area contributed by atoms with Crippen molar-refractivity contribution in [1.82, 2.24) is 14.7 Å². The van der Waals surface area contributed by atoms with Crippen molar-refractivity contribution in [3.8, 4) is 11.5 Å². The highest BCUT2D eigenvalue weighted by molar-refractivity contribution is 5.90. The van der Waals surface area contributed by atoms with Crippen LogP contribution in [0.2, 0.25) is 0 Å². The Balaban J connectivity index is 1.39. The van der Waals surface area contributed by atoms with Crippen LogP contribution in [0.1, 0.15) is 22.6 Å². The minimum absolute atomic E-state index is 0.0969. The van der Waals surface area contributed by atoms with Gasteiger partial charge in [-0.3, -0.25) is 4.68 Å². The van der Waals surface area contributed by atoms with Crippen LogP contribution in [0.3, 0.4) is 0 Å². The first-order chi connectivity index (χ1) is 14.2. The number of aromatic nitrogens is 2. The standard InChI is InChI=1S/C22H22N4O3/c1-25-12-16(11-23-25)19-14-26(13-15-4-2-3-5-18(15)19)22(27)24-17-6-7-20-21(10-17)29-9-8-28-20/h2-7,10-12,19H,8-9,13-14H2,1H3,(H,24,27). The Morgan fingerprint density at radius 2 is 1.97 bits per heavy atom. The number of carbonyl (C=O) groups excluding carboxylic acids is 1. The number of rotatable bonds is 2. The average molecular weight is 390 g/mol. The van der Waals surface area contributed by atoms with E-state index in [0.29, 0.717) is 43.5 Å². The van der Waals surface area contributed by atoms with Crippen LogP contribution in [0.15, 0.2) is 54.9 Å². The number of urea groups is 1. The molecule has 3 aromatic rings. The summed E-state index contributed by atoms with van der Waals surface area (Å²) in [6.45, 7) is 2.23. The predicted octanol–water partition coefficient (Wildman–Crippen LogP) is 3.37. The largest absolute Gasteiger partial charge is 0.486 e. The molecule has 1 aromatic heterocycles. The van der Waals surface area contributed by atoms with E-state index in [1.165, 1.54) is 5.56 Å². The van der Waals surface area contributed by atoms with E-state index in [2.05, 4.69) is 22.5 Å². The molecule has 0 saturated heterocycles. The summed E-state index contributed by atoms with van der Waals surface area (Å²) in [5, 5.41) is 7.32. The van der Waals surface area contributed by atoms with Crippen molar-refractivity contribution in [2.24, 2.45) is 7.05 Å². The third-order valence-electron chi connectivity index (χ3n) is 5.40. The van der Waals surface area contributed by atoms with Gasteiger partial charge in [0.2, 0.25) is 0 Å². The summed E-state index contributed by atoms with van der Waals surface area (Å²) in [6, 6.07) is 13.6. The lowest BCUT2D eigenvalue weighted by atomic mass is 9.86. The first-order valence-electron chi connectivity index (χ1n) is 9.69. The molecule has 0 fully saturated rings. The van der Waals surface area contributed by atoms with Crippen molar-refractivity contribution < 1.29 is 14.3 Å². The molecule has 0 aliphatic carbocycles. The second-order valence-electron chi connectivity index (χ2n) is 7.37. The molecule has 0 spiro atoms. The molecule has 148 valence electrons. The minimum atomic E-state index is -0.134. The number of benzene rings is 2. The monoisotopic (exact) mass is 390 g/mol. The van der Waals surface area contributed by atoms with Crippen molar-refractivity contribution in [3.63, 3.8) is 0 Å². The zero-order chi connectivity index (χ0) is 19.8. The Labute approximate surface area is 168 Å². The molecule has 2 aliphatic heterocycles. The summed E-state index contributed by atoms with van der Waals surface area (Å²) in [6.07, 6.45) is 3.90. The van der Waals surface area contributed by atoms with E-state index in [0.717, 1.165) is 11.1 Å². The first-order valence-corrected chi connectivity index (χ1v) is 9.69. The average Bonchev–Trinajstić information content (AvgIpc) is 3.19. The van der Waals surface area contributed by atoms with E-state index < -0.39 is 0 Å². The van der Waals surface area contributed by atoms with Gasteiger partial charge in [0.25, 0.3) is 0 Å². The van der Waals surface area contributed by atoms with Gasteiger partial charge in [-0.25, -0.2) is 4.79 Å². The second kappa shape index (κ2) is 7.16. The smallest absolute Gasteiger partial charge is 0.322 e. The fourth-order valence-corrected chi connectivity index (χ4v) is 3.99. The van der Waals surface area contributed by atoms with E-state index in [1.54, 1.807) is 4.68 Å². The van der Waals surface area contributed by atoms with Crippen LogP contribution in [0.5, 0.6) is 11.5 Å². The lowest BCUT2D eigenvalue weighted by Crippen LogP contribution is -2.41. The summed E-state index contributed by atoms with van der Waals surface area (Å²) in [7, 11) is 1.91. The molecule has 0 radical (unpaired) electrons. The van der Waals surface area contributed by atoms with E-state index >= 15 is 0 Å². The second-order valence-corrected chi connectivity index (χ2v) is 7.37. The number of nitrogens with zero attached hydrogens (tertiary/aromatic N) is 3. The van der Waals surface area contributed by atoms with E-state index in [-0.39, 0.29) is 11.9 Å². The Morgan fingerprint density at radius 1 is 1.14 bits per heavy atom. The van der Waals surface area contributed by atoms with Gasteiger partial charge in [0, 0.05) is 44.0 Å². The van der Waals surface area contributed by atoms with Crippen LogP contribution in [0, 0.1) is 0 Å². The molecule has 1 unspecified atom stereocenters. The van der Waals surface area contributed by atoms with Gasteiger partial charge < -0.3 is 19.7 Å². The van der Waals surface area contributed by atoms with Gasteiger partial charge in [-0.15, -0.1) is 0 Å². The molecule has 3 heterocycles. The number of fused-ring (bicyclic) bond motifs is 2. The molecule has 7 nitrogen and oxygen atoms in total. The summed E-state index contributed by atoms with van der Waals surface area (Å²) < 4.78 is 13.0. The molecule has 1 atom stereocenters. The molecule has 0 bridgehead atoms. The maximum absolute atomic E-state index is 13.0. The van der Waals surface area contributed by atoms with E-state index in [9.17, 15) is 4.79 Å². The highest BCUT2D eigenvalue weighted by atomic mass is 16.6. The fourth-order valence-electron chi connectivity index (χ4n) is 3.99. The van der Waals surface area contributed by atoms with Crippen LogP contribution in [0.4, 0.5) is 10.5 Å². The van der Waals surface area contributed by atoms with Gasteiger partial charge in [-0.05, 0) is 28.8 Å². The third kappa shape index (κ3) is 3.40. The number of hydrogen-bond donors (Lipinski definition) is 1. The quantitative estimate of drug-likeness (QED) is 0.728. The van der Waals surface area contributed by atoms with Crippen molar-refractivity contribution >= 4 is 11.7 Å². The highest BCUT2D eigenvalue weighted by Gasteiger charge is 2.30. The summed E-state index contributed by atoms with van der Waals surface area (Å²) in [5.41, 5.74) is 4.21. The van der Waals surface area contributed by atoms with Crippen LogP contribution in [-0.2, 0) is 13.6 Å². The Hall–Kier alpha value is -3.48. The number of ether oxygens (including phenoxy) is 2. The highest BCUT2D eigenvalue weighted by Crippen LogP contribution is 2.35. The number of anilines is 1. The van der Waals surface area contributed by atoms with Crippen LogP contribution >= 0.6 is 0 Å². The van der Waals surface area contributed by atoms with E-state index in [4.69, 9.17) is 9.47 Å². The molecule has 2 aromatic carbocycles. The van der Waals surface area contributed by atoms with Gasteiger partial charge in [0.1, 0.15) is 13.2 Å². The van der Waals surface area contributed by atoms with Gasteiger partial charge >= 0.3 is 6.03 Å². The van der Waals surface area contributed by atoms with Crippen molar-refractivity contribution in [2.75, 3.05) is 25.1 Å². The first kappa shape index (κ1) is 17.6. The molecule has 7 heteroatoms. The number of amides is 2. The Morgan fingerprint density at radius 3 is 2.79 bits per heavy atom. The number of hydrogen-bond acceptors (Lipinski definition) is 4. The van der Waals surface area contributed by atoms with Gasteiger partial charge in [-0.2, -0.15) is 5.10 Å². The molecule has 2 amide bonds. The number of nitrogens with one attached hydrogen (secondary N) is 1. The zero-order valence-electron chi connectivity index (χ0n) is 16.2. The van der Waals surface area contributed by atoms with Crippen LogP contribution in [-0.4, -0.2) is 40.5 Å². The molecule has 1 N–H and O–H groups in total. The van der Waals surface area contributed by atoms with Crippen molar-refractivity contribution in [1.29, 1.82) is 0 Å². The molecular formula is C22H22N4O3. The van der Waals surface area contributed by atoms with Crippen molar-refractivity contribution in [3.05, 3.63) is 71.5 Å². The molecule has 0 saturated carbocycles. The fraction of sp³-hybridized carbons (Fsp3) is 0.273. The van der Waals surface area contributed by atoms with Crippen molar-refractivity contribution in [2.45, 2.75) is 12.5 Å². The maximum atomic E-state index is 13.0. The predicted molar refractivity (Wildman–Crippen MR) is 108 cm³/mol. The van der Waals surface area contributed by atoms with Gasteiger partial charge in [0.05, 0.1) is 6.20 Å². The lowest BCUT2D eigenvalue weighted by Gasteiger charge is -2.34. The summed E-state index contributed by atoms with van der Waals surface area (Å²) >= 11 is 0. The maximum Gasteiger partial charge on any atom is 0.322 e. The normalized spacial score (nSPS) is 17.6. The number of aryl methyl sites for hydroxylation is 1. The summed E-state index contributed by atoms with van der Waals surface area (Å²) in [4.78, 5) is 14.9. The van der Waals surface area contributed by atoms with Gasteiger partial charge in [0.15, 0.2) is 11.5 Å². The molecule has 5 rings (SSSR count).